The summed E-state index contributed by atoms with van der Waals surface area (Å²) in [4.78, 5) is 12.4. The SMILES string of the molecule is CNc1ccc(C(=O)NC2CC(C)CC(C)C2)c(C)c1. The summed E-state index contributed by atoms with van der Waals surface area (Å²) in [6.45, 7) is 6.55. The number of amides is 1. The predicted molar refractivity (Wildman–Crippen MR) is 84.2 cm³/mol. The first-order valence-corrected chi connectivity index (χ1v) is 7.59. The molecule has 1 aromatic carbocycles. The van der Waals surface area contributed by atoms with Crippen LogP contribution in [0.25, 0.3) is 0 Å². The van der Waals surface area contributed by atoms with Crippen LogP contribution in [0.1, 0.15) is 49.0 Å². The van der Waals surface area contributed by atoms with Crippen LogP contribution in [0.2, 0.25) is 0 Å². The molecule has 2 atom stereocenters. The molecule has 110 valence electrons. The van der Waals surface area contributed by atoms with Gasteiger partial charge in [0.15, 0.2) is 0 Å². The lowest BCUT2D eigenvalue weighted by Crippen LogP contribution is -2.40. The summed E-state index contributed by atoms with van der Waals surface area (Å²) in [5.41, 5.74) is 2.85. The van der Waals surface area contributed by atoms with Gasteiger partial charge < -0.3 is 10.6 Å². The monoisotopic (exact) mass is 274 g/mol. The summed E-state index contributed by atoms with van der Waals surface area (Å²) in [5.74, 6) is 1.48. The molecular formula is C17H26N2O. The number of benzene rings is 1. The smallest absolute Gasteiger partial charge is 0.251 e. The van der Waals surface area contributed by atoms with Crippen molar-refractivity contribution in [2.45, 2.75) is 46.1 Å². The molecule has 0 aromatic heterocycles. The van der Waals surface area contributed by atoms with Gasteiger partial charge in [-0.25, -0.2) is 0 Å². The van der Waals surface area contributed by atoms with Crippen molar-refractivity contribution in [2.75, 3.05) is 12.4 Å². The van der Waals surface area contributed by atoms with E-state index in [4.69, 9.17) is 0 Å². The molecule has 1 aliphatic rings. The van der Waals surface area contributed by atoms with Crippen molar-refractivity contribution in [3.05, 3.63) is 29.3 Å². The van der Waals surface area contributed by atoms with Gasteiger partial charge in [0.25, 0.3) is 5.91 Å². The lowest BCUT2D eigenvalue weighted by molar-refractivity contribution is 0.0910. The van der Waals surface area contributed by atoms with E-state index in [0.717, 1.165) is 29.7 Å². The van der Waals surface area contributed by atoms with Crippen molar-refractivity contribution in [1.82, 2.24) is 5.32 Å². The van der Waals surface area contributed by atoms with Crippen LogP contribution < -0.4 is 10.6 Å². The second-order valence-electron chi connectivity index (χ2n) is 6.37. The van der Waals surface area contributed by atoms with Crippen molar-refractivity contribution in [3.63, 3.8) is 0 Å². The molecule has 0 heterocycles. The molecule has 2 N–H and O–H groups in total. The van der Waals surface area contributed by atoms with Crippen LogP contribution in [0.15, 0.2) is 18.2 Å². The summed E-state index contributed by atoms with van der Waals surface area (Å²) in [6.07, 6.45) is 3.48. The molecule has 0 aliphatic heterocycles. The molecule has 1 fully saturated rings. The van der Waals surface area contributed by atoms with E-state index in [1.807, 2.05) is 32.2 Å². The number of carbonyl (C=O) groups is 1. The number of hydrogen-bond acceptors (Lipinski definition) is 2. The maximum Gasteiger partial charge on any atom is 0.251 e. The fraction of sp³-hybridized carbons (Fsp3) is 0.588. The lowest BCUT2D eigenvalue weighted by atomic mass is 9.80. The first-order valence-electron chi connectivity index (χ1n) is 7.59. The number of hydrogen-bond donors (Lipinski definition) is 2. The van der Waals surface area contributed by atoms with Crippen LogP contribution in [0, 0.1) is 18.8 Å². The lowest BCUT2D eigenvalue weighted by Gasteiger charge is -2.32. The van der Waals surface area contributed by atoms with Crippen molar-refractivity contribution >= 4 is 11.6 Å². The third-order valence-corrected chi connectivity index (χ3v) is 4.27. The number of anilines is 1. The summed E-state index contributed by atoms with van der Waals surface area (Å²) >= 11 is 0. The van der Waals surface area contributed by atoms with Crippen LogP contribution >= 0.6 is 0 Å². The number of aryl methyl sites for hydroxylation is 1. The number of nitrogens with one attached hydrogen (secondary N) is 2. The summed E-state index contributed by atoms with van der Waals surface area (Å²) in [5, 5.41) is 6.31. The third-order valence-electron chi connectivity index (χ3n) is 4.27. The van der Waals surface area contributed by atoms with E-state index in [1.165, 1.54) is 6.42 Å². The zero-order valence-electron chi connectivity index (χ0n) is 13.0. The van der Waals surface area contributed by atoms with Crippen LogP contribution in [0.5, 0.6) is 0 Å². The number of rotatable bonds is 3. The van der Waals surface area contributed by atoms with E-state index < -0.39 is 0 Å². The topological polar surface area (TPSA) is 41.1 Å². The van der Waals surface area contributed by atoms with Gasteiger partial charge in [-0.2, -0.15) is 0 Å². The van der Waals surface area contributed by atoms with Gasteiger partial charge >= 0.3 is 0 Å². The van der Waals surface area contributed by atoms with E-state index in [1.54, 1.807) is 0 Å². The zero-order chi connectivity index (χ0) is 14.7. The highest BCUT2D eigenvalue weighted by atomic mass is 16.1. The maximum atomic E-state index is 12.4. The Balaban J connectivity index is 2.04. The molecule has 20 heavy (non-hydrogen) atoms. The molecule has 3 heteroatoms. The fourth-order valence-electron chi connectivity index (χ4n) is 3.40. The predicted octanol–water partition coefficient (Wildman–Crippen LogP) is 3.59. The molecule has 0 bridgehead atoms. The highest BCUT2D eigenvalue weighted by Gasteiger charge is 2.25. The third kappa shape index (κ3) is 3.53. The Kier molecular flexibility index (Phi) is 4.69. The van der Waals surface area contributed by atoms with Gasteiger partial charge in [-0.3, -0.25) is 4.79 Å². The van der Waals surface area contributed by atoms with Crippen LogP contribution in [0.3, 0.4) is 0 Å². The Morgan fingerprint density at radius 2 is 1.80 bits per heavy atom. The second kappa shape index (κ2) is 6.29. The Labute approximate surface area is 122 Å². The molecule has 1 aliphatic carbocycles. The van der Waals surface area contributed by atoms with Gasteiger partial charge in [-0.1, -0.05) is 13.8 Å². The molecule has 1 amide bonds. The standard InChI is InChI=1S/C17H26N2O/c1-11-7-12(2)9-15(8-11)19-17(20)16-6-5-14(18-4)10-13(16)3/h5-6,10-12,15,18H,7-9H2,1-4H3,(H,19,20). The van der Waals surface area contributed by atoms with Crippen LogP contribution in [-0.2, 0) is 0 Å². The largest absolute Gasteiger partial charge is 0.388 e. The van der Waals surface area contributed by atoms with Gasteiger partial charge in [-0.05, 0) is 61.8 Å². The molecule has 3 nitrogen and oxygen atoms in total. The maximum absolute atomic E-state index is 12.4. The first-order chi connectivity index (χ1) is 9.49. The van der Waals surface area contributed by atoms with Gasteiger partial charge in [0.05, 0.1) is 0 Å². The average Bonchev–Trinajstić information content (AvgIpc) is 2.36. The van der Waals surface area contributed by atoms with Crippen molar-refractivity contribution < 1.29 is 4.79 Å². The van der Waals surface area contributed by atoms with E-state index in [0.29, 0.717) is 17.9 Å². The Morgan fingerprint density at radius 3 is 2.35 bits per heavy atom. The Morgan fingerprint density at radius 1 is 1.15 bits per heavy atom. The average molecular weight is 274 g/mol. The van der Waals surface area contributed by atoms with Crippen LogP contribution in [0.4, 0.5) is 5.69 Å². The molecule has 1 aromatic rings. The quantitative estimate of drug-likeness (QED) is 0.884. The minimum absolute atomic E-state index is 0.0662. The van der Waals surface area contributed by atoms with Gasteiger partial charge in [-0.15, -0.1) is 0 Å². The summed E-state index contributed by atoms with van der Waals surface area (Å²) in [6, 6.07) is 6.20. The normalized spacial score (nSPS) is 26.1. The molecular weight excluding hydrogens is 248 g/mol. The minimum Gasteiger partial charge on any atom is -0.388 e. The molecule has 0 radical (unpaired) electrons. The van der Waals surface area contributed by atoms with Crippen molar-refractivity contribution in [3.8, 4) is 0 Å². The molecule has 1 saturated carbocycles. The minimum atomic E-state index is 0.0662. The van der Waals surface area contributed by atoms with Gasteiger partial charge in [0.1, 0.15) is 0 Å². The molecule has 0 spiro atoms. The van der Waals surface area contributed by atoms with Crippen molar-refractivity contribution in [1.29, 1.82) is 0 Å². The summed E-state index contributed by atoms with van der Waals surface area (Å²) < 4.78 is 0. The van der Waals surface area contributed by atoms with E-state index in [9.17, 15) is 4.79 Å². The highest BCUT2D eigenvalue weighted by Crippen LogP contribution is 2.28. The highest BCUT2D eigenvalue weighted by molar-refractivity contribution is 5.96. The summed E-state index contributed by atoms with van der Waals surface area (Å²) in [7, 11) is 1.89. The first kappa shape index (κ1) is 14.9. The van der Waals surface area contributed by atoms with E-state index in [2.05, 4.69) is 24.5 Å². The molecule has 2 unspecified atom stereocenters. The molecule has 0 saturated heterocycles. The Bertz CT molecular complexity index is 474. The zero-order valence-corrected chi connectivity index (χ0v) is 13.0. The van der Waals surface area contributed by atoms with Crippen molar-refractivity contribution in [2.24, 2.45) is 11.8 Å². The van der Waals surface area contributed by atoms with E-state index >= 15 is 0 Å². The second-order valence-corrected chi connectivity index (χ2v) is 6.37. The fourth-order valence-corrected chi connectivity index (χ4v) is 3.40. The Hall–Kier alpha value is -1.51. The number of carbonyl (C=O) groups excluding carboxylic acids is 1. The van der Waals surface area contributed by atoms with Crippen LogP contribution in [-0.4, -0.2) is 19.0 Å². The van der Waals surface area contributed by atoms with Gasteiger partial charge in [0, 0.05) is 24.3 Å². The van der Waals surface area contributed by atoms with Gasteiger partial charge in [0.2, 0.25) is 0 Å². The van der Waals surface area contributed by atoms with E-state index in [-0.39, 0.29) is 5.91 Å². The molecule has 2 rings (SSSR count).